The smallest absolute Gasteiger partial charge is 0.280 e. The van der Waals surface area contributed by atoms with Crippen LogP contribution in [-0.2, 0) is 14.4 Å². The van der Waals surface area contributed by atoms with Gasteiger partial charge in [-0.25, -0.2) is 9.97 Å². The number of aryl methyl sites for hydroxylation is 3. The van der Waals surface area contributed by atoms with Crippen LogP contribution in [0.15, 0.2) is 77.2 Å². The number of likely N-dealkylation sites (tertiary alicyclic amines) is 1. The number of thiophene rings is 1. The molecule has 1 fully saturated rings. The predicted octanol–water partition coefficient (Wildman–Crippen LogP) is 9.46. The molecule has 6 heterocycles. The number of aromatic nitrogens is 5. The standard InChI is InChI=1S/C50H51N9O4S3/c1-26-29(4)65-49-40(26)41(53-36(21-23-60)44-57-56-30(5)59(44)49)33-15-13-32(14-16-33)35-19-20-39-37(24-35)54-47(66-39)46(62)55-43(50(6,7)8)48(63)58-22-9-10-38(58)45(61)52-27(2)31-11-17-34(18-12-31)42-28(3)51-25-64-42/h11-20,23-25,27,36,38,43H,9-10,21-22H2,1-8H3,(H,52,61)(H,55,62). The zero-order valence-electron chi connectivity index (χ0n) is 38.1. The summed E-state index contributed by atoms with van der Waals surface area (Å²) < 4.78 is 2.88. The molecule has 2 aliphatic rings. The fourth-order valence-corrected chi connectivity index (χ4v) is 11.7. The number of hydrogen-bond donors (Lipinski definition) is 2. The molecule has 338 valence electrons. The Morgan fingerprint density at radius 2 is 1.61 bits per heavy atom. The fraction of sp³-hybridized carbons (Fsp3) is 0.340. The maximum absolute atomic E-state index is 14.4. The summed E-state index contributed by atoms with van der Waals surface area (Å²) in [5.41, 5.74) is 10.6. The summed E-state index contributed by atoms with van der Waals surface area (Å²) in [5.74, 6) is 0.468. The molecule has 66 heavy (non-hydrogen) atoms. The highest BCUT2D eigenvalue weighted by molar-refractivity contribution is 7.20. The molecule has 16 heteroatoms. The molecular weight excluding hydrogens is 887 g/mol. The van der Waals surface area contributed by atoms with Crippen molar-refractivity contribution in [3.8, 4) is 26.6 Å². The lowest BCUT2D eigenvalue weighted by Crippen LogP contribution is -2.57. The lowest BCUT2D eigenvalue weighted by molar-refractivity contribution is -0.142. The molecule has 9 rings (SSSR count). The first kappa shape index (κ1) is 44.9. The second-order valence-electron chi connectivity index (χ2n) is 18.2. The van der Waals surface area contributed by atoms with E-state index in [0.29, 0.717) is 30.7 Å². The van der Waals surface area contributed by atoms with E-state index in [0.717, 1.165) is 77.0 Å². The second-order valence-corrected chi connectivity index (χ2v) is 21.2. The van der Waals surface area contributed by atoms with E-state index in [1.807, 2.05) is 106 Å². The molecule has 0 aliphatic carbocycles. The maximum Gasteiger partial charge on any atom is 0.280 e. The van der Waals surface area contributed by atoms with Crippen LogP contribution in [0.25, 0.3) is 36.8 Å². The van der Waals surface area contributed by atoms with E-state index in [-0.39, 0.29) is 29.3 Å². The van der Waals surface area contributed by atoms with Crippen molar-refractivity contribution < 1.29 is 19.2 Å². The quantitative estimate of drug-likeness (QED) is 0.121. The minimum atomic E-state index is -0.897. The van der Waals surface area contributed by atoms with Gasteiger partial charge in [0.15, 0.2) is 10.8 Å². The number of fused-ring (bicyclic) bond motifs is 4. The molecular formula is C50H51N9O4S3. The van der Waals surface area contributed by atoms with Gasteiger partial charge in [-0.3, -0.25) is 23.9 Å². The van der Waals surface area contributed by atoms with Crippen molar-refractivity contribution in [2.24, 2.45) is 10.4 Å². The first-order valence-corrected chi connectivity index (χ1v) is 24.6. The zero-order chi connectivity index (χ0) is 46.6. The third kappa shape index (κ3) is 8.41. The summed E-state index contributed by atoms with van der Waals surface area (Å²) in [6, 6.07) is 20.0. The van der Waals surface area contributed by atoms with Crippen LogP contribution in [-0.4, -0.2) is 78.0 Å². The largest absolute Gasteiger partial charge is 0.348 e. The minimum Gasteiger partial charge on any atom is -0.348 e. The molecule has 0 saturated carbocycles. The van der Waals surface area contributed by atoms with Gasteiger partial charge in [-0.15, -0.1) is 44.2 Å². The number of amides is 3. The van der Waals surface area contributed by atoms with Crippen LogP contribution in [0.3, 0.4) is 0 Å². The SMILES string of the molecule is Cc1ncsc1-c1ccc(C(C)NC(=O)C2CCCN2C(=O)C(NC(=O)c2nc3cc(-c4ccc(C5=NC(CC=O)c6nnc(C)n6-c6sc(C)c(C)c65)cc4)ccc3s2)C(C)(C)C)cc1. The van der Waals surface area contributed by atoms with Gasteiger partial charge in [0.25, 0.3) is 5.91 Å². The number of aldehydes is 1. The van der Waals surface area contributed by atoms with Crippen LogP contribution in [0, 0.1) is 33.1 Å². The number of thiazole rings is 2. The van der Waals surface area contributed by atoms with Gasteiger partial charge in [-0.05, 0) is 92.8 Å². The Bertz CT molecular complexity index is 3050. The highest BCUT2D eigenvalue weighted by Crippen LogP contribution is 2.40. The molecule has 0 bridgehead atoms. The van der Waals surface area contributed by atoms with Crippen molar-refractivity contribution in [1.29, 1.82) is 0 Å². The van der Waals surface area contributed by atoms with E-state index in [1.165, 1.54) is 16.2 Å². The lowest BCUT2D eigenvalue weighted by atomic mass is 9.85. The number of rotatable bonds is 11. The van der Waals surface area contributed by atoms with E-state index in [9.17, 15) is 19.2 Å². The Morgan fingerprint density at radius 1 is 0.894 bits per heavy atom. The van der Waals surface area contributed by atoms with Crippen molar-refractivity contribution >= 4 is 73.9 Å². The minimum absolute atomic E-state index is 0.191. The Hall–Kier alpha value is -6.23. The van der Waals surface area contributed by atoms with Crippen molar-refractivity contribution in [1.82, 2.24) is 40.3 Å². The van der Waals surface area contributed by atoms with Crippen molar-refractivity contribution in [3.05, 3.63) is 122 Å². The van der Waals surface area contributed by atoms with Crippen LogP contribution < -0.4 is 10.6 Å². The summed E-state index contributed by atoms with van der Waals surface area (Å²) in [6.45, 7) is 16.2. The molecule has 0 spiro atoms. The first-order valence-electron chi connectivity index (χ1n) is 22.1. The van der Waals surface area contributed by atoms with Crippen molar-refractivity contribution in [2.75, 3.05) is 6.54 Å². The Morgan fingerprint density at radius 3 is 2.30 bits per heavy atom. The first-order chi connectivity index (χ1) is 31.6. The maximum atomic E-state index is 14.4. The van der Waals surface area contributed by atoms with Gasteiger partial charge in [0, 0.05) is 29.0 Å². The second kappa shape index (κ2) is 17.9. The summed E-state index contributed by atoms with van der Waals surface area (Å²) in [6.07, 6.45) is 2.30. The third-order valence-electron chi connectivity index (χ3n) is 12.6. The molecule has 1 saturated heterocycles. The lowest BCUT2D eigenvalue weighted by Gasteiger charge is -2.35. The summed E-state index contributed by atoms with van der Waals surface area (Å²) >= 11 is 4.54. The molecule has 4 aromatic heterocycles. The summed E-state index contributed by atoms with van der Waals surface area (Å²) in [4.78, 5) is 72.2. The Labute approximate surface area is 395 Å². The van der Waals surface area contributed by atoms with E-state index in [2.05, 4.69) is 51.8 Å². The van der Waals surface area contributed by atoms with Gasteiger partial charge in [-0.1, -0.05) is 75.4 Å². The molecule has 2 N–H and O–H groups in total. The average Bonchev–Trinajstić information content (AvgIpc) is 4.15. The number of aliphatic imine (C=N–C) groups is 1. The van der Waals surface area contributed by atoms with Gasteiger partial charge in [0.05, 0.1) is 38.1 Å². The van der Waals surface area contributed by atoms with Crippen LogP contribution in [0.5, 0.6) is 0 Å². The molecule has 4 unspecified atom stereocenters. The number of nitrogens with zero attached hydrogens (tertiary/aromatic N) is 7. The van der Waals surface area contributed by atoms with Crippen LogP contribution in [0.2, 0.25) is 0 Å². The highest BCUT2D eigenvalue weighted by atomic mass is 32.1. The Balaban J connectivity index is 0.900. The predicted molar refractivity (Wildman–Crippen MR) is 262 cm³/mol. The van der Waals surface area contributed by atoms with Gasteiger partial charge in [0.1, 0.15) is 35.2 Å². The molecule has 4 atom stereocenters. The number of benzene rings is 3. The zero-order valence-corrected chi connectivity index (χ0v) is 40.6. The van der Waals surface area contributed by atoms with Crippen LogP contribution >= 0.6 is 34.0 Å². The normalized spacial score (nSPS) is 16.8. The molecule has 13 nitrogen and oxygen atoms in total. The topological polar surface area (TPSA) is 164 Å². The Kier molecular flexibility index (Phi) is 12.2. The van der Waals surface area contributed by atoms with E-state index < -0.39 is 29.4 Å². The van der Waals surface area contributed by atoms with Crippen molar-refractivity contribution in [3.63, 3.8) is 0 Å². The summed E-state index contributed by atoms with van der Waals surface area (Å²) in [7, 11) is 0. The molecule has 3 aromatic carbocycles. The third-order valence-corrected chi connectivity index (χ3v) is 15.8. The average molecular weight is 938 g/mol. The molecule has 0 radical (unpaired) electrons. The van der Waals surface area contributed by atoms with Gasteiger partial charge in [0.2, 0.25) is 11.8 Å². The van der Waals surface area contributed by atoms with Crippen molar-refractivity contribution in [2.45, 2.75) is 98.8 Å². The van der Waals surface area contributed by atoms with Gasteiger partial charge >= 0.3 is 0 Å². The van der Waals surface area contributed by atoms with Crippen LogP contribution in [0.4, 0.5) is 0 Å². The molecule has 3 amide bonds. The highest BCUT2D eigenvalue weighted by Gasteiger charge is 2.42. The van der Waals surface area contributed by atoms with Gasteiger partial charge < -0.3 is 20.3 Å². The molecule has 7 aromatic rings. The summed E-state index contributed by atoms with van der Waals surface area (Å²) in [5, 5.41) is 16.2. The number of nitrogens with one attached hydrogen (secondary N) is 2. The number of carbonyl (C=O) groups excluding carboxylic acids is 4. The van der Waals surface area contributed by atoms with Gasteiger partial charge in [-0.2, -0.15) is 0 Å². The van der Waals surface area contributed by atoms with E-state index >= 15 is 0 Å². The van der Waals surface area contributed by atoms with E-state index in [4.69, 9.17) is 9.98 Å². The fourth-order valence-electron chi connectivity index (χ4n) is 8.87. The number of hydrogen-bond acceptors (Lipinski definition) is 12. The van der Waals surface area contributed by atoms with E-state index in [1.54, 1.807) is 27.6 Å². The monoisotopic (exact) mass is 937 g/mol. The molecule has 2 aliphatic heterocycles. The van der Waals surface area contributed by atoms with Crippen LogP contribution in [0.1, 0.15) is 113 Å². The number of carbonyl (C=O) groups is 4.